The molecule has 0 rings (SSSR count). The maximum atomic E-state index is 12.8. The minimum Gasteiger partial charge on any atom is -0.192 e. The average molecular weight is 502 g/mol. The van der Waals surface area contributed by atoms with Crippen LogP contribution in [0.25, 0.3) is 0 Å². The first-order valence-electron chi connectivity index (χ1n) is 5.15. The number of alkyl halides is 18. The molecule has 0 aromatic rings. The fourth-order valence-corrected chi connectivity index (χ4v) is 1.14. The van der Waals surface area contributed by atoms with E-state index in [1.807, 2.05) is 0 Å². The molecule has 0 aliphatic rings. The van der Waals surface area contributed by atoms with E-state index in [9.17, 15) is 79.0 Å². The van der Waals surface area contributed by atoms with Crippen molar-refractivity contribution in [3.05, 3.63) is 0 Å². The summed E-state index contributed by atoms with van der Waals surface area (Å²) in [5.74, 6) is -51.0. The molecule has 0 atom stereocenters. The van der Waals surface area contributed by atoms with Crippen LogP contribution in [0.4, 0.5) is 79.0 Å². The summed E-state index contributed by atoms with van der Waals surface area (Å²) in [7, 11) is 0. The third kappa shape index (κ3) is 3.53. The van der Waals surface area contributed by atoms with Gasteiger partial charge in [0.1, 0.15) is 0 Å². The third-order valence-electron chi connectivity index (χ3n) is 2.68. The first kappa shape index (κ1) is 28.5. The van der Waals surface area contributed by atoms with Crippen molar-refractivity contribution in [2.24, 2.45) is 0 Å². The Morgan fingerprint density at radius 3 is 0.444 bits per heavy atom. The molecule has 19 heteroatoms. The van der Waals surface area contributed by atoms with Gasteiger partial charge in [0.2, 0.25) is 0 Å². The van der Waals surface area contributed by atoms with Crippen molar-refractivity contribution in [1.82, 2.24) is 0 Å². The zero-order valence-corrected chi connectivity index (χ0v) is 12.0. The molecule has 0 saturated heterocycles. The predicted molar refractivity (Wildman–Crippen MR) is 41.8 cm³/mol. The fourth-order valence-electron chi connectivity index (χ4n) is 1.14. The van der Waals surface area contributed by atoms with Crippen molar-refractivity contribution in [3.63, 3.8) is 0 Å². The number of halogens is 18. The molecule has 169 valence electrons. The van der Waals surface area contributed by atoms with Gasteiger partial charge in [-0.05, 0) is 0 Å². The van der Waals surface area contributed by atoms with E-state index in [-0.39, 0.29) is 17.1 Å². The predicted octanol–water partition coefficient (Wildman–Crippen LogP) is 5.92. The van der Waals surface area contributed by atoms with Crippen LogP contribution in [0.5, 0.6) is 0 Å². The molecule has 0 fully saturated rings. The average Bonchev–Trinajstić information content (AvgIpc) is 2.34. The molecule has 0 aliphatic carbocycles. The summed E-state index contributed by atoms with van der Waals surface area (Å²) in [6.07, 6.45) is -15.6. The van der Waals surface area contributed by atoms with Crippen LogP contribution in [0, 0.1) is 0 Å². The molecule has 0 aromatic carbocycles. The summed E-state index contributed by atoms with van der Waals surface area (Å²) < 4.78 is 221. The summed E-state index contributed by atoms with van der Waals surface area (Å²) in [4.78, 5) is 0. The van der Waals surface area contributed by atoms with Gasteiger partial charge in [-0.3, -0.25) is 0 Å². The van der Waals surface area contributed by atoms with Gasteiger partial charge >= 0.3 is 47.9 Å². The van der Waals surface area contributed by atoms with Crippen LogP contribution in [-0.2, 0) is 17.1 Å². The quantitative estimate of drug-likeness (QED) is 0.324. The van der Waals surface area contributed by atoms with Gasteiger partial charge in [0.25, 0.3) is 0 Å². The van der Waals surface area contributed by atoms with Gasteiger partial charge in [-0.2, -0.15) is 79.0 Å². The van der Waals surface area contributed by atoms with Crippen molar-refractivity contribution in [2.75, 3.05) is 0 Å². The molecule has 0 saturated carbocycles. The Hall–Kier alpha value is -0.741. The van der Waals surface area contributed by atoms with Gasteiger partial charge in [0, 0.05) is 17.1 Å². The van der Waals surface area contributed by atoms with E-state index in [1.165, 1.54) is 0 Å². The van der Waals surface area contributed by atoms with Crippen molar-refractivity contribution in [3.8, 4) is 0 Å². The van der Waals surface area contributed by atoms with Gasteiger partial charge in [-0.25, -0.2) is 0 Å². The molecule has 0 amide bonds. The van der Waals surface area contributed by atoms with E-state index < -0.39 is 47.9 Å². The number of hydrogen-bond donors (Lipinski definition) is 0. The molecule has 0 bridgehead atoms. The van der Waals surface area contributed by atoms with Gasteiger partial charge < -0.3 is 0 Å². The molecule has 0 spiro atoms. The topological polar surface area (TPSA) is 0 Å². The first-order chi connectivity index (χ1) is 10.8. The maximum absolute atomic E-state index is 12.8. The van der Waals surface area contributed by atoms with E-state index in [4.69, 9.17) is 0 Å². The van der Waals surface area contributed by atoms with Crippen LogP contribution in [0.3, 0.4) is 0 Å². The zero-order valence-electron chi connectivity index (χ0n) is 11.1. The first-order valence-corrected chi connectivity index (χ1v) is 5.15. The van der Waals surface area contributed by atoms with E-state index >= 15 is 0 Å². The molecule has 1 radical (unpaired) electrons. The summed E-state index contributed by atoms with van der Waals surface area (Å²) in [6, 6.07) is 0. The largest absolute Gasteiger partial charge is 0.460 e. The standard InChI is InChI=1S/C8F18.Cu/c9-1(10,3(13,14)5(17,18)7(21,22)23)2(11,12)4(15,16)6(19,20)8(24,25)26;. The second-order valence-electron chi connectivity index (χ2n) is 4.44. The number of rotatable bonds is 5. The summed E-state index contributed by atoms with van der Waals surface area (Å²) >= 11 is 0. The van der Waals surface area contributed by atoms with Gasteiger partial charge in [0.05, 0.1) is 0 Å². The fraction of sp³-hybridized carbons (Fsp3) is 1.00. The monoisotopic (exact) mass is 501 g/mol. The van der Waals surface area contributed by atoms with E-state index in [1.54, 1.807) is 0 Å². The number of hydrogen-bond acceptors (Lipinski definition) is 0. The summed E-state index contributed by atoms with van der Waals surface area (Å²) in [6.45, 7) is 0. The van der Waals surface area contributed by atoms with Crippen molar-refractivity contribution < 1.29 is 96.1 Å². The van der Waals surface area contributed by atoms with Crippen LogP contribution in [-0.4, -0.2) is 47.9 Å². The van der Waals surface area contributed by atoms with Crippen molar-refractivity contribution >= 4 is 0 Å². The summed E-state index contributed by atoms with van der Waals surface area (Å²) in [5, 5.41) is 0. The maximum Gasteiger partial charge on any atom is 0.460 e. The van der Waals surface area contributed by atoms with Gasteiger partial charge in [-0.15, -0.1) is 0 Å². The molecule has 27 heavy (non-hydrogen) atoms. The minimum atomic E-state index is -8.72. The Morgan fingerprint density at radius 2 is 0.333 bits per heavy atom. The van der Waals surface area contributed by atoms with Crippen molar-refractivity contribution in [2.45, 2.75) is 47.9 Å². The summed E-state index contributed by atoms with van der Waals surface area (Å²) in [5.41, 5.74) is 0. The van der Waals surface area contributed by atoms with Crippen LogP contribution in [0.2, 0.25) is 0 Å². The second kappa shape index (κ2) is 6.66. The van der Waals surface area contributed by atoms with Crippen LogP contribution in [0.15, 0.2) is 0 Å². The van der Waals surface area contributed by atoms with Crippen molar-refractivity contribution in [1.29, 1.82) is 0 Å². The molecular formula is C8CuF18. The second-order valence-corrected chi connectivity index (χ2v) is 4.44. The van der Waals surface area contributed by atoms with Crippen LogP contribution >= 0.6 is 0 Å². The molecule has 0 aromatic heterocycles. The molecule has 0 nitrogen and oxygen atoms in total. The molecule has 0 unspecified atom stereocenters. The third-order valence-corrected chi connectivity index (χ3v) is 2.68. The normalized spacial score (nSPS) is 16.2. The van der Waals surface area contributed by atoms with Gasteiger partial charge in [-0.1, -0.05) is 0 Å². The van der Waals surface area contributed by atoms with E-state index in [2.05, 4.69) is 0 Å². The molecule has 0 heterocycles. The Bertz CT molecular complexity index is 474. The van der Waals surface area contributed by atoms with Crippen LogP contribution < -0.4 is 0 Å². The van der Waals surface area contributed by atoms with Gasteiger partial charge in [0.15, 0.2) is 0 Å². The Morgan fingerprint density at radius 1 is 0.222 bits per heavy atom. The van der Waals surface area contributed by atoms with E-state index in [0.717, 1.165) is 0 Å². The Balaban J connectivity index is 0. The van der Waals surface area contributed by atoms with E-state index in [0.29, 0.717) is 0 Å². The Kier molecular flexibility index (Phi) is 7.02. The molecule has 0 aliphatic heterocycles. The minimum absolute atomic E-state index is 0. The molecule has 0 N–H and O–H groups in total. The van der Waals surface area contributed by atoms with Crippen LogP contribution in [0.1, 0.15) is 0 Å². The zero-order chi connectivity index (χ0) is 22.0. The smallest absolute Gasteiger partial charge is 0.192 e. The Labute approximate surface area is 145 Å². The SMILES string of the molecule is FC(F)(F)C(F)(F)C(F)(F)C(F)(F)C(F)(F)C(F)(F)C(F)(F)C(F)(F)F.[Cu]. The molecular weight excluding hydrogens is 502 g/mol.